The number of aliphatic hydroxyl groups is 2. The van der Waals surface area contributed by atoms with Gasteiger partial charge in [0.2, 0.25) is 10.0 Å². The molecule has 1 aliphatic heterocycles. The van der Waals surface area contributed by atoms with E-state index in [0.29, 0.717) is 0 Å². The highest BCUT2D eigenvalue weighted by atomic mass is 32.2. The number of β-amino-alcohol motifs (C(OH)–C–C–N with tert-alkyl or cyclic N) is 2. The Morgan fingerprint density at radius 1 is 1.42 bits per heavy atom. The summed E-state index contributed by atoms with van der Waals surface area (Å²) >= 11 is 0.964. The molecule has 0 saturated carbocycles. The third-order valence-electron chi connectivity index (χ3n) is 2.84. The first-order chi connectivity index (χ1) is 8.87. The summed E-state index contributed by atoms with van der Waals surface area (Å²) in [5.41, 5.74) is 0. The van der Waals surface area contributed by atoms with Crippen LogP contribution in [-0.2, 0) is 14.8 Å². The average molecular weight is 307 g/mol. The quantitative estimate of drug-likeness (QED) is 0.713. The average Bonchev–Trinajstić information content (AvgIpc) is 2.97. The van der Waals surface area contributed by atoms with E-state index >= 15 is 0 Å². The van der Waals surface area contributed by atoms with Gasteiger partial charge in [-0.05, 0) is 11.4 Å². The number of hydrogen-bond donors (Lipinski definition) is 2. The fourth-order valence-electron chi connectivity index (χ4n) is 1.81. The van der Waals surface area contributed by atoms with Gasteiger partial charge in [-0.15, -0.1) is 11.3 Å². The molecular formula is C10H13NO6S2. The Bertz CT molecular complexity index is 571. The molecule has 1 aromatic heterocycles. The van der Waals surface area contributed by atoms with Crippen LogP contribution in [0.15, 0.2) is 16.3 Å². The molecule has 1 aromatic rings. The lowest BCUT2D eigenvalue weighted by atomic mass is 10.3. The molecule has 1 saturated heterocycles. The molecule has 9 heteroatoms. The van der Waals surface area contributed by atoms with Crippen LogP contribution in [-0.4, -0.2) is 61.3 Å². The van der Waals surface area contributed by atoms with Gasteiger partial charge in [0.05, 0.1) is 19.3 Å². The lowest BCUT2D eigenvalue weighted by Gasteiger charge is -2.15. The Morgan fingerprint density at radius 3 is 2.53 bits per heavy atom. The highest BCUT2D eigenvalue weighted by molar-refractivity contribution is 7.89. The van der Waals surface area contributed by atoms with Crippen molar-refractivity contribution < 1.29 is 28.2 Å². The smallest absolute Gasteiger partial charge is 0.349 e. The van der Waals surface area contributed by atoms with Gasteiger partial charge in [-0.25, -0.2) is 13.2 Å². The molecule has 0 spiro atoms. The molecule has 7 nitrogen and oxygen atoms in total. The number of carbonyl (C=O) groups is 1. The zero-order valence-electron chi connectivity index (χ0n) is 10.0. The van der Waals surface area contributed by atoms with Crippen LogP contribution >= 0.6 is 11.3 Å². The molecule has 2 unspecified atom stereocenters. The number of hydrogen-bond acceptors (Lipinski definition) is 7. The molecule has 2 N–H and O–H groups in total. The number of thiophene rings is 1. The molecule has 106 valence electrons. The normalized spacial score (nSPS) is 24.6. The number of ether oxygens (including phenoxy) is 1. The molecular weight excluding hydrogens is 294 g/mol. The first-order valence-electron chi connectivity index (χ1n) is 5.40. The largest absolute Gasteiger partial charge is 0.465 e. The van der Waals surface area contributed by atoms with E-state index < -0.39 is 28.2 Å². The van der Waals surface area contributed by atoms with E-state index in [4.69, 9.17) is 0 Å². The highest BCUT2D eigenvalue weighted by Gasteiger charge is 2.39. The van der Waals surface area contributed by atoms with Crippen LogP contribution in [0, 0.1) is 0 Å². The lowest BCUT2D eigenvalue weighted by Crippen LogP contribution is -2.30. The highest BCUT2D eigenvalue weighted by Crippen LogP contribution is 2.28. The number of sulfonamides is 1. The van der Waals surface area contributed by atoms with Crippen molar-refractivity contribution in [3.63, 3.8) is 0 Å². The number of rotatable bonds is 3. The third kappa shape index (κ3) is 2.51. The van der Waals surface area contributed by atoms with Gasteiger partial charge in [-0.1, -0.05) is 0 Å². The fraction of sp³-hybridized carbons (Fsp3) is 0.500. The van der Waals surface area contributed by atoms with Gasteiger partial charge in [-0.3, -0.25) is 0 Å². The summed E-state index contributed by atoms with van der Waals surface area (Å²) in [6.07, 6.45) is -2.23. The second-order valence-electron chi connectivity index (χ2n) is 4.06. The molecule has 1 aliphatic rings. The lowest BCUT2D eigenvalue weighted by molar-refractivity contribution is 0.0572. The first-order valence-corrected chi connectivity index (χ1v) is 7.72. The molecule has 0 amide bonds. The van der Waals surface area contributed by atoms with Gasteiger partial charge < -0.3 is 14.9 Å². The Labute approximate surface area is 114 Å². The Hall–Kier alpha value is -1.00. The number of nitrogens with zero attached hydrogens (tertiary/aromatic N) is 1. The maximum atomic E-state index is 12.3. The molecule has 2 rings (SSSR count). The van der Waals surface area contributed by atoms with Crippen molar-refractivity contribution in [2.75, 3.05) is 20.2 Å². The van der Waals surface area contributed by atoms with Gasteiger partial charge >= 0.3 is 5.97 Å². The van der Waals surface area contributed by atoms with E-state index in [-0.39, 0.29) is 22.9 Å². The second kappa shape index (κ2) is 5.17. The van der Waals surface area contributed by atoms with E-state index in [1.54, 1.807) is 0 Å². The fourth-order valence-corrected chi connectivity index (χ4v) is 4.60. The monoisotopic (exact) mass is 307 g/mol. The topological polar surface area (TPSA) is 104 Å². The zero-order valence-corrected chi connectivity index (χ0v) is 11.6. The maximum Gasteiger partial charge on any atom is 0.349 e. The standard InChI is InChI=1S/C10H13NO6S2/c1-17-10(14)9-8(2-3-18-9)19(15,16)11-4-6(12)7(13)5-11/h2-3,6-7,12-13H,4-5H2,1H3. The van der Waals surface area contributed by atoms with Gasteiger partial charge in [0, 0.05) is 13.1 Å². The molecule has 0 aliphatic carbocycles. The summed E-state index contributed by atoms with van der Waals surface area (Å²) < 4.78 is 30.1. The first kappa shape index (κ1) is 14.4. The summed E-state index contributed by atoms with van der Waals surface area (Å²) in [5, 5.41) is 20.3. The number of carbonyl (C=O) groups excluding carboxylic acids is 1. The van der Waals surface area contributed by atoms with Crippen molar-refractivity contribution >= 4 is 27.3 Å². The van der Waals surface area contributed by atoms with Crippen LogP contribution in [0.25, 0.3) is 0 Å². The summed E-state index contributed by atoms with van der Waals surface area (Å²) in [5.74, 6) is -0.728. The Kier molecular flexibility index (Phi) is 3.92. The van der Waals surface area contributed by atoms with Crippen molar-refractivity contribution in [3.05, 3.63) is 16.3 Å². The van der Waals surface area contributed by atoms with E-state index in [1.165, 1.54) is 18.6 Å². The van der Waals surface area contributed by atoms with Crippen molar-refractivity contribution in [2.45, 2.75) is 17.1 Å². The minimum atomic E-state index is -3.92. The Morgan fingerprint density at radius 2 is 2.00 bits per heavy atom. The molecule has 0 radical (unpaired) electrons. The van der Waals surface area contributed by atoms with Crippen LogP contribution in [0.3, 0.4) is 0 Å². The molecule has 19 heavy (non-hydrogen) atoms. The molecule has 1 fully saturated rings. The Balaban J connectivity index is 2.36. The van der Waals surface area contributed by atoms with Crippen molar-refractivity contribution in [3.8, 4) is 0 Å². The number of esters is 1. The summed E-state index contributed by atoms with van der Waals surface area (Å²) in [4.78, 5) is 11.3. The van der Waals surface area contributed by atoms with E-state index in [1.807, 2.05) is 0 Å². The van der Waals surface area contributed by atoms with Gasteiger partial charge in [0.1, 0.15) is 9.77 Å². The van der Waals surface area contributed by atoms with Crippen LogP contribution in [0.1, 0.15) is 9.67 Å². The molecule has 0 aromatic carbocycles. The van der Waals surface area contributed by atoms with E-state index in [9.17, 15) is 23.4 Å². The van der Waals surface area contributed by atoms with Crippen LogP contribution in [0.4, 0.5) is 0 Å². The summed E-state index contributed by atoms with van der Waals surface area (Å²) in [6, 6.07) is 1.31. The van der Waals surface area contributed by atoms with Crippen LogP contribution in [0.5, 0.6) is 0 Å². The number of aliphatic hydroxyl groups excluding tert-OH is 2. The third-order valence-corrected chi connectivity index (χ3v) is 5.74. The van der Waals surface area contributed by atoms with Crippen LogP contribution < -0.4 is 0 Å². The van der Waals surface area contributed by atoms with Crippen molar-refractivity contribution in [1.82, 2.24) is 4.31 Å². The van der Waals surface area contributed by atoms with Gasteiger partial charge in [-0.2, -0.15) is 4.31 Å². The summed E-state index contributed by atoms with van der Waals surface area (Å²) in [7, 11) is -2.76. The minimum Gasteiger partial charge on any atom is -0.465 e. The molecule has 0 bridgehead atoms. The van der Waals surface area contributed by atoms with E-state index in [0.717, 1.165) is 15.6 Å². The summed E-state index contributed by atoms with van der Waals surface area (Å²) in [6.45, 7) is -0.389. The van der Waals surface area contributed by atoms with Crippen molar-refractivity contribution in [1.29, 1.82) is 0 Å². The molecule has 2 heterocycles. The predicted molar refractivity (Wildman–Crippen MR) is 66.4 cm³/mol. The van der Waals surface area contributed by atoms with E-state index in [2.05, 4.69) is 4.74 Å². The van der Waals surface area contributed by atoms with Gasteiger partial charge in [0.25, 0.3) is 0 Å². The number of methoxy groups -OCH3 is 1. The second-order valence-corrected chi connectivity index (χ2v) is 6.88. The zero-order chi connectivity index (χ0) is 14.2. The minimum absolute atomic E-state index is 0.0154. The maximum absolute atomic E-state index is 12.3. The predicted octanol–water partition coefficient (Wildman–Crippen LogP) is -0.739. The van der Waals surface area contributed by atoms with Crippen LogP contribution in [0.2, 0.25) is 0 Å². The van der Waals surface area contributed by atoms with Gasteiger partial charge in [0.15, 0.2) is 0 Å². The SMILES string of the molecule is COC(=O)c1sccc1S(=O)(=O)N1CC(O)C(O)C1. The molecule has 2 atom stereocenters. The van der Waals surface area contributed by atoms with Crippen molar-refractivity contribution in [2.24, 2.45) is 0 Å².